The van der Waals surface area contributed by atoms with E-state index in [1.54, 1.807) is 36.4 Å². The maximum absolute atomic E-state index is 13.0. The summed E-state index contributed by atoms with van der Waals surface area (Å²) in [5.41, 5.74) is 2.07. The van der Waals surface area contributed by atoms with Crippen molar-refractivity contribution in [1.29, 1.82) is 10.8 Å². The zero-order valence-corrected chi connectivity index (χ0v) is 24.5. The molecule has 2 amide bonds. The summed E-state index contributed by atoms with van der Waals surface area (Å²) in [6.45, 7) is 10.0. The molecule has 0 radical (unpaired) electrons. The van der Waals surface area contributed by atoms with Gasteiger partial charge in [-0.3, -0.25) is 20.4 Å². The van der Waals surface area contributed by atoms with E-state index in [1.807, 2.05) is 24.8 Å². The summed E-state index contributed by atoms with van der Waals surface area (Å²) in [5.74, 6) is 1.66. The Balaban J connectivity index is 1.78. The Kier molecular flexibility index (Phi) is 11.6. The molecule has 3 rings (SSSR count). The van der Waals surface area contributed by atoms with Crippen LogP contribution in [0.5, 0.6) is 11.5 Å². The van der Waals surface area contributed by atoms with Crippen LogP contribution in [-0.2, 0) is 11.3 Å². The van der Waals surface area contributed by atoms with E-state index in [9.17, 15) is 9.59 Å². The van der Waals surface area contributed by atoms with Gasteiger partial charge >= 0.3 is 0 Å². The van der Waals surface area contributed by atoms with Gasteiger partial charge in [0.1, 0.15) is 16.5 Å². The van der Waals surface area contributed by atoms with Crippen molar-refractivity contribution in [2.24, 2.45) is 11.8 Å². The highest BCUT2D eigenvalue weighted by atomic mass is 32.2. The molecule has 1 fully saturated rings. The maximum atomic E-state index is 13.0. The first-order valence-corrected chi connectivity index (χ1v) is 14.8. The second-order valence-corrected chi connectivity index (χ2v) is 11.5. The second-order valence-electron chi connectivity index (χ2n) is 10.4. The summed E-state index contributed by atoms with van der Waals surface area (Å²) in [7, 11) is 0. The normalized spacial score (nSPS) is 14.0. The molecule has 1 aliphatic heterocycles. The summed E-state index contributed by atoms with van der Waals surface area (Å²) in [6, 6.07) is 12.6. The van der Waals surface area contributed by atoms with E-state index in [0.717, 1.165) is 56.0 Å². The smallest absolute Gasteiger partial charge is 0.251 e. The lowest BCUT2D eigenvalue weighted by Crippen LogP contribution is -2.29. The third-order valence-corrected chi connectivity index (χ3v) is 8.17. The van der Waals surface area contributed by atoms with E-state index in [-0.39, 0.29) is 17.7 Å². The fourth-order valence-corrected chi connectivity index (χ4v) is 5.08. The largest absolute Gasteiger partial charge is 0.457 e. The number of thioether (sulfide) groups is 1. The number of hydrogen-bond donors (Lipinski definition) is 3. The number of likely N-dealkylation sites (tertiary alicyclic amines) is 1. The Morgan fingerprint density at radius 2 is 1.82 bits per heavy atom. The average Bonchev–Trinajstić information content (AvgIpc) is 3.33. The van der Waals surface area contributed by atoms with Crippen molar-refractivity contribution in [3.63, 3.8) is 0 Å². The molecule has 210 valence electrons. The lowest BCUT2D eigenvalue weighted by Gasteiger charge is -2.20. The molecule has 0 saturated carbocycles. The summed E-state index contributed by atoms with van der Waals surface area (Å²) in [4.78, 5) is 27.1. The van der Waals surface area contributed by atoms with Gasteiger partial charge in [0.15, 0.2) is 0 Å². The molecule has 39 heavy (non-hydrogen) atoms. The molecule has 0 spiro atoms. The van der Waals surface area contributed by atoms with E-state index in [0.29, 0.717) is 58.1 Å². The van der Waals surface area contributed by atoms with Gasteiger partial charge in [0.05, 0.1) is 5.04 Å². The number of benzene rings is 2. The molecule has 1 aliphatic rings. The molecular weight excluding hydrogens is 508 g/mol. The zero-order valence-electron chi connectivity index (χ0n) is 23.6. The van der Waals surface area contributed by atoms with Gasteiger partial charge in [0.25, 0.3) is 5.91 Å². The van der Waals surface area contributed by atoms with E-state index in [4.69, 9.17) is 15.6 Å². The Labute approximate surface area is 237 Å². The molecular formula is C31H42N4O3S. The lowest BCUT2D eigenvalue weighted by molar-refractivity contribution is -0.128. The number of amides is 2. The predicted octanol–water partition coefficient (Wildman–Crippen LogP) is 7.24. The average molecular weight is 551 g/mol. The molecule has 7 nitrogen and oxygen atoms in total. The summed E-state index contributed by atoms with van der Waals surface area (Å²) in [6.07, 6.45) is 5.86. The minimum atomic E-state index is -0.132. The number of carbonyl (C=O) groups is 2. The van der Waals surface area contributed by atoms with Gasteiger partial charge in [-0.2, -0.15) is 0 Å². The van der Waals surface area contributed by atoms with Crippen LogP contribution < -0.4 is 10.1 Å². The van der Waals surface area contributed by atoms with E-state index >= 15 is 0 Å². The lowest BCUT2D eigenvalue weighted by atomic mass is 9.99. The second kappa shape index (κ2) is 14.9. The van der Waals surface area contributed by atoms with Crippen LogP contribution in [0.1, 0.15) is 87.7 Å². The number of nitrogens with one attached hydrogen (secondary N) is 3. The molecule has 1 heterocycles. The van der Waals surface area contributed by atoms with E-state index in [2.05, 4.69) is 19.2 Å². The molecule has 0 aliphatic carbocycles. The van der Waals surface area contributed by atoms with Gasteiger partial charge in [-0.15, -0.1) is 0 Å². The van der Waals surface area contributed by atoms with E-state index in [1.165, 1.54) is 0 Å². The van der Waals surface area contributed by atoms with Gasteiger partial charge in [-0.05, 0) is 55.2 Å². The van der Waals surface area contributed by atoms with E-state index < -0.39 is 0 Å². The molecule has 2 aromatic carbocycles. The van der Waals surface area contributed by atoms with Crippen LogP contribution in [0.2, 0.25) is 0 Å². The maximum Gasteiger partial charge on any atom is 0.251 e. The quantitative estimate of drug-likeness (QED) is 0.180. The number of rotatable bonds is 13. The van der Waals surface area contributed by atoms with Gasteiger partial charge in [0.2, 0.25) is 5.91 Å². The van der Waals surface area contributed by atoms with Crippen LogP contribution in [-0.4, -0.2) is 39.9 Å². The van der Waals surface area contributed by atoms with Crippen LogP contribution in [0.25, 0.3) is 0 Å². The topological polar surface area (TPSA) is 106 Å². The van der Waals surface area contributed by atoms with Crippen molar-refractivity contribution in [2.45, 2.75) is 72.8 Å². The first-order valence-electron chi connectivity index (χ1n) is 14.0. The molecule has 0 aromatic heterocycles. The molecule has 1 saturated heterocycles. The fourth-order valence-electron chi connectivity index (χ4n) is 4.37. The van der Waals surface area contributed by atoms with Crippen LogP contribution in [0.4, 0.5) is 0 Å². The van der Waals surface area contributed by atoms with Crippen LogP contribution in [0, 0.1) is 22.7 Å². The van der Waals surface area contributed by atoms with Crippen molar-refractivity contribution in [1.82, 2.24) is 10.2 Å². The van der Waals surface area contributed by atoms with Crippen LogP contribution in [0.15, 0.2) is 42.5 Å². The highest BCUT2D eigenvalue weighted by molar-refractivity contribution is 8.26. The third-order valence-electron chi connectivity index (χ3n) is 7.04. The Bertz CT molecular complexity index is 1160. The molecule has 1 unspecified atom stereocenters. The number of hydrogen-bond acceptors (Lipinski definition) is 6. The van der Waals surface area contributed by atoms with Crippen LogP contribution in [0.3, 0.4) is 0 Å². The number of ether oxygens (including phenoxy) is 1. The molecule has 3 N–H and O–H groups in total. The van der Waals surface area contributed by atoms with Gasteiger partial charge in [-0.1, -0.05) is 64.8 Å². The molecule has 2 aromatic rings. The summed E-state index contributed by atoms with van der Waals surface area (Å²) >= 11 is 1.15. The predicted molar refractivity (Wildman–Crippen MR) is 160 cm³/mol. The molecule has 1 atom stereocenters. The summed E-state index contributed by atoms with van der Waals surface area (Å²) in [5, 5.41) is 20.2. The highest BCUT2D eigenvalue weighted by Gasteiger charge is 2.22. The first-order chi connectivity index (χ1) is 18.7. The number of nitrogens with zero attached hydrogens (tertiary/aromatic N) is 1. The van der Waals surface area contributed by atoms with Gasteiger partial charge in [-0.25, -0.2) is 0 Å². The highest BCUT2D eigenvalue weighted by Crippen LogP contribution is 2.30. The van der Waals surface area contributed by atoms with Crippen molar-refractivity contribution in [3.05, 3.63) is 59.2 Å². The number of carbonyl (C=O) groups excluding carboxylic acids is 2. The van der Waals surface area contributed by atoms with Crippen molar-refractivity contribution in [2.75, 3.05) is 13.1 Å². The van der Waals surface area contributed by atoms with Crippen molar-refractivity contribution in [3.8, 4) is 11.5 Å². The van der Waals surface area contributed by atoms with Gasteiger partial charge < -0.3 is 15.0 Å². The molecule has 0 bridgehead atoms. The Morgan fingerprint density at radius 3 is 2.44 bits per heavy atom. The Morgan fingerprint density at radius 1 is 1.10 bits per heavy atom. The van der Waals surface area contributed by atoms with Gasteiger partial charge in [0, 0.05) is 48.7 Å². The number of unbranched alkanes of at least 4 members (excludes halogenated alkanes) is 1. The van der Waals surface area contributed by atoms with Crippen LogP contribution >= 0.6 is 11.8 Å². The monoisotopic (exact) mass is 550 g/mol. The first kappa shape index (κ1) is 30.4. The third kappa shape index (κ3) is 8.95. The Hall–Kier alpha value is -3.13. The minimum absolute atomic E-state index is 0.0764. The summed E-state index contributed by atoms with van der Waals surface area (Å²) < 4.78 is 6.26. The fraction of sp³-hybridized carbons (Fsp3) is 0.484. The molecule has 8 heteroatoms. The minimum Gasteiger partial charge on any atom is -0.457 e. The zero-order chi connectivity index (χ0) is 28.4. The standard InChI is InChI=1S/C31H42N4O3S/c1-5-7-9-22(6-2)19-34-31(37)24-11-12-25(20-35-17-8-10-28(35)36)27(18-24)38-26-15-13-23(14-16-26)30(33)39-29(32)21(3)4/h11-16,18,21-22,32-33H,5-10,17,19-20H2,1-4H3,(H,34,37). The SMILES string of the molecule is CCCCC(CC)CNC(=O)c1ccc(CN2CCCC2=O)c(Oc2ccc(C(=N)SC(=N)C(C)C)cc2)c1. The van der Waals surface area contributed by atoms with Crippen molar-refractivity contribution >= 4 is 33.7 Å². The van der Waals surface area contributed by atoms with Crippen molar-refractivity contribution < 1.29 is 14.3 Å².